The summed E-state index contributed by atoms with van der Waals surface area (Å²) in [6.45, 7) is 0. The lowest BCUT2D eigenvalue weighted by Gasteiger charge is -2.22. The van der Waals surface area contributed by atoms with Crippen molar-refractivity contribution in [3.05, 3.63) is 53.7 Å². The molecular weight excluding hydrogens is 281 g/mol. The normalized spacial score (nSPS) is 18.8. The fraction of sp³-hybridized carbons (Fsp3) is 0.286. The summed E-state index contributed by atoms with van der Waals surface area (Å²) in [5.74, 6) is 0.0562. The number of nitrogens with one attached hydrogen (secondary N) is 1. The molecule has 6 heteroatoms. The molecule has 1 aliphatic rings. The van der Waals surface area contributed by atoms with Crippen LogP contribution in [0.1, 0.15) is 30.2 Å². The first kappa shape index (κ1) is 13.3. The van der Waals surface area contributed by atoms with Crippen LogP contribution in [0.3, 0.4) is 0 Å². The van der Waals surface area contributed by atoms with Crippen molar-refractivity contribution in [1.29, 1.82) is 0 Å². The second-order valence-electron chi connectivity index (χ2n) is 4.80. The minimum Gasteiger partial charge on any atom is -0.469 e. The zero-order chi connectivity index (χ0) is 14.2. The van der Waals surface area contributed by atoms with Crippen LogP contribution >= 0.6 is 0 Å². The molecule has 106 valence electrons. The summed E-state index contributed by atoms with van der Waals surface area (Å²) in [7, 11) is -3.88. The molecule has 0 spiro atoms. The van der Waals surface area contributed by atoms with E-state index in [9.17, 15) is 12.8 Å². The van der Waals surface area contributed by atoms with Gasteiger partial charge in [0.05, 0.1) is 12.3 Å². The number of aryl methyl sites for hydroxylation is 1. The standard InChI is InChI=1S/C14H14FNO3S/c15-11-4-1-2-7-14(11)20(17,18)16-12-5-3-6-13-10(12)8-9-19-13/h1-2,4,7-9,12,16H,3,5-6H2/t12-/m0/s1. The van der Waals surface area contributed by atoms with Crippen LogP contribution < -0.4 is 4.72 Å². The van der Waals surface area contributed by atoms with Gasteiger partial charge < -0.3 is 4.42 Å². The SMILES string of the molecule is O=S(=O)(N[C@H]1CCCc2occc21)c1ccccc1F. The summed E-state index contributed by atoms with van der Waals surface area (Å²) in [6, 6.07) is 6.77. The lowest BCUT2D eigenvalue weighted by molar-refractivity contribution is 0.437. The smallest absolute Gasteiger partial charge is 0.244 e. The molecule has 1 aromatic carbocycles. The Morgan fingerprint density at radius 2 is 2.05 bits per heavy atom. The van der Waals surface area contributed by atoms with E-state index in [-0.39, 0.29) is 10.9 Å². The Morgan fingerprint density at radius 3 is 2.85 bits per heavy atom. The van der Waals surface area contributed by atoms with Gasteiger partial charge in [-0.3, -0.25) is 0 Å². The van der Waals surface area contributed by atoms with Crippen LogP contribution in [0.2, 0.25) is 0 Å². The summed E-state index contributed by atoms with van der Waals surface area (Å²) in [4.78, 5) is -0.324. The van der Waals surface area contributed by atoms with Gasteiger partial charge in [0, 0.05) is 12.0 Å². The van der Waals surface area contributed by atoms with Crippen molar-refractivity contribution in [2.24, 2.45) is 0 Å². The fourth-order valence-electron chi connectivity index (χ4n) is 2.52. The third-order valence-electron chi connectivity index (χ3n) is 3.48. The molecule has 0 bridgehead atoms. The average molecular weight is 295 g/mol. The number of halogens is 1. The van der Waals surface area contributed by atoms with Crippen molar-refractivity contribution in [1.82, 2.24) is 4.72 Å². The van der Waals surface area contributed by atoms with Gasteiger partial charge in [-0.1, -0.05) is 12.1 Å². The molecule has 0 saturated heterocycles. The maximum absolute atomic E-state index is 13.6. The summed E-state index contributed by atoms with van der Waals surface area (Å²) >= 11 is 0. The van der Waals surface area contributed by atoms with Gasteiger partial charge in [-0.05, 0) is 31.0 Å². The number of benzene rings is 1. The Bertz CT molecular complexity index is 724. The Kier molecular flexibility index (Phi) is 3.35. The first-order chi connectivity index (χ1) is 9.58. The Labute approximate surface area is 116 Å². The fourth-order valence-corrected chi connectivity index (χ4v) is 3.85. The van der Waals surface area contributed by atoms with Crippen LogP contribution in [-0.2, 0) is 16.4 Å². The zero-order valence-electron chi connectivity index (χ0n) is 10.7. The quantitative estimate of drug-likeness (QED) is 0.947. The van der Waals surface area contributed by atoms with E-state index in [2.05, 4.69) is 4.72 Å². The minimum absolute atomic E-state index is 0.324. The summed E-state index contributed by atoms with van der Waals surface area (Å²) in [6.07, 6.45) is 3.88. The number of hydrogen-bond acceptors (Lipinski definition) is 3. The highest BCUT2D eigenvalue weighted by atomic mass is 32.2. The van der Waals surface area contributed by atoms with Crippen LogP contribution in [0.25, 0.3) is 0 Å². The van der Waals surface area contributed by atoms with Gasteiger partial charge in [-0.15, -0.1) is 0 Å². The van der Waals surface area contributed by atoms with Crippen LogP contribution in [0, 0.1) is 5.82 Å². The van der Waals surface area contributed by atoms with Crippen molar-refractivity contribution >= 4 is 10.0 Å². The molecule has 1 aromatic heterocycles. The lowest BCUT2D eigenvalue weighted by atomic mass is 9.94. The van der Waals surface area contributed by atoms with Crippen molar-refractivity contribution in [2.75, 3.05) is 0 Å². The van der Waals surface area contributed by atoms with E-state index in [1.165, 1.54) is 18.2 Å². The first-order valence-electron chi connectivity index (χ1n) is 6.41. The molecule has 4 nitrogen and oxygen atoms in total. The highest BCUT2D eigenvalue weighted by Crippen LogP contribution is 2.31. The molecule has 2 aromatic rings. The van der Waals surface area contributed by atoms with E-state index >= 15 is 0 Å². The van der Waals surface area contributed by atoms with Crippen molar-refractivity contribution in [3.8, 4) is 0 Å². The van der Waals surface area contributed by atoms with Gasteiger partial charge in [0.15, 0.2) is 0 Å². The van der Waals surface area contributed by atoms with E-state index in [0.717, 1.165) is 30.2 Å². The molecule has 0 aliphatic heterocycles. The average Bonchev–Trinajstić information content (AvgIpc) is 2.88. The largest absolute Gasteiger partial charge is 0.469 e. The highest BCUT2D eigenvalue weighted by Gasteiger charge is 2.28. The molecule has 0 amide bonds. The predicted molar refractivity (Wildman–Crippen MR) is 71.1 cm³/mol. The molecule has 0 radical (unpaired) electrons. The molecule has 0 unspecified atom stereocenters. The molecular formula is C14H14FNO3S. The number of sulfonamides is 1. The zero-order valence-corrected chi connectivity index (χ0v) is 11.5. The molecule has 20 heavy (non-hydrogen) atoms. The lowest BCUT2D eigenvalue weighted by Crippen LogP contribution is -2.31. The predicted octanol–water partition coefficient (Wildman–Crippen LogP) is 2.77. The van der Waals surface area contributed by atoms with Gasteiger partial charge in [0.25, 0.3) is 0 Å². The van der Waals surface area contributed by atoms with Gasteiger partial charge in [0.2, 0.25) is 10.0 Å². The van der Waals surface area contributed by atoms with Crippen LogP contribution in [0.5, 0.6) is 0 Å². The molecule has 1 N–H and O–H groups in total. The van der Waals surface area contributed by atoms with E-state index in [1.807, 2.05) is 0 Å². The highest BCUT2D eigenvalue weighted by molar-refractivity contribution is 7.89. The van der Waals surface area contributed by atoms with E-state index in [4.69, 9.17) is 4.42 Å². The van der Waals surface area contributed by atoms with Crippen LogP contribution in [-0.4, -0.2) is 8.42 Å². The van der Waals surface area contributed by atoms with Gasteiger partial charge in [0.1, 0.15) is 16.5 Å². The van der Waals surface area contributed by atoms with Gasteiger partial charge in [-0.25, -0.2) is 17.5 Å². The van der Waals surface area contributed by atoms with E-state index in [1.54, 1.807) is 12.3 Å². The maximum atomic E-state index is 13.6. The molecule has 1 heterocycles. The maximum Gasteiger partial charge on any atom is 0.244 e. The number of furan rings is 1. The second-order valence-corrected chi connectivity index (χ2v) is 6.48. The Hall–Kier alpha value is -1.66. The van der Waals surface area contributed by atoms with Crippen molar-refractivity contribution in [3.63, 3.8) is 0 Å². The molecule has 0 saturated carbocycles. The van der Waals surface area contributed by atoms with E-state index in [0.29, 0.717) is 6.42 Å². The summed E-state index contributed by atoms with van der Waals surface area (Å²) < 4.78 is 46.1. The topological polar surface area (TPSA) is 59.3 Å². The Balaban J connectivity index is 1.91. The second kappa shape index (κ2) is 5.03. The molecule has 1 aliphatic carbocycles. The van der Waals surface area contributed by atoms with Crippen molar-refractivity contribution in [2.45, 2.75) is 30.2 Å². The summed E-state index contributed by atoms with van der Waals surface area (Å²) in [5, 5.41) is 0. The van der Waals surface area contributed by atoms with Crippen molar-refractivity contribution < 1.29 is 17.2 Å². The number of rotatable bonds is 3. The summed E-state index contributed by atoms with van der Waals surface area (Å²) in [5.41, 5.74) is 0.844. The monoisotopic (exact) mass is 295 g/mol. The van der Waals surface area contributed by atoms with Crippen LogP contribution in [0.4, 0.5) is 4.39 Å². The Morgan fingerprint density at radius 1 is 1.25 bits per heavy atom. The van der Waals surface area contributed by atoms with Crippen LogP contribution in [0.15, 0.2) is 45.9 Å². The number of hydrogen-bond donors (Lipinski definition) is 1. The first-order valence-corrected chi connectivity index (χ1v) is 7.89. The van der Waals surface area contributed by atoms with E-state index < -0.39 is 15.8 Å². The molecule has 1 atom stereocenters. The van der Waals surface area contributed by atoms with Gasteiger partial charge >= 0.3 is 0 Å². The minimum atomic E-state index is -3.88. The third kappa shape index (κ3) is 2.36. The molecule has 0 fully saturated rings. The number of fused-ring (bicyclic) bond motifs is 1. The van der Waals surface area contributed by atoms with Gasteiger partial charge in [-0.2, -0.15) is 0 Å². The molecule has 3 rings (SSSR count). The third-order valence-corrected chi connectivity index (χ3v) is 4.98.